The smallest absolute Gasteiger partial charge is 0.228 e. The zero-order valence-electron chi connectivity index (χ0n) is 10.2. The van der Waals surface area contributed by atoms with Crippen LogP contribution in [0.5, 0.6) is 0 Å². The van der Waals surface area contributed by atoms with Gasteiger partial charge in [0.25, 0.3) is 0 Å². The Kier molecular flexibility index (Phi) is 6.52. The molecule has 0 aliphatic rings. The van der Waals surface area contributed by atoms with E-state index in [1.807, 2.05) is 0 Å². The summed E-state index contributed by atoms with van der Waals surface area (Å²) < 4.78 is 0. The van der Waals surface area contributed by atoms with E-state index in [4.69, 9.17) is 23.2 Å². The van der Waals surface area contributed by atoms with Gasteiger partial charge in [0.2, 0.25) is 16.5 Å². The molecule has 0 saturated carbocycles. The monoisotopic (exact) mass is 276 g/mol. The summed E-state index contributed by atoms with van der Waals surface area (Å²) in [5.74, 6) is 0.457. The Morgan fingerprint density at radius 2 is 1.71 bits per heavy atom. The molecule has 0 saturated heterocycles. The van der Waals surface area contributed by atoms with Crippen molar-refractivity contribution in [1.29, 1.82) is 0 Å². The molecule has 1 N–H and O–H groups in total. The molecule has 1 aromatic rings. The third-order valence-electron chi connectivity index (χ3n) is 2.56. The first-order valence-electron chi connectivity index (χ1n) is 5.99. The zero-order valence-corrected chi connectivity index (χ0v) is 11.7. The van der Waals surface area contributed by atoms with Crippen molar-refractivity contribution in [3.05, 3.63) is 10.6 Å². The molecule has 0 radical (unpaired) electrons. The molecule has 17 heavy (non-hydrogen) atoms. The number of rotatable bonds is 7. The normalized spacial score (nSPS) is 12.5. The average Bonchev–Trinajstić information content (AvgIpc) is 2.26. The van der Waals surface area contributed by atoms with E-state index < -0.39 is 0 Å². The predicted molar refractivity (Wildman–Crippen MR) is 71.7 cm³/mol. The number of hydrogen-bond acceptors (Lipinski definition) is 4. The lowest BCUT2D eigenvalue weighted by Crippen LogP contribution is -2.20. The summed E-state index contributed by atoms with van der Waals surface area (Å²) in [7, 11) is 0. The van der Waals surface area contributed by atoms with E-state index in [9.17, 15) is 0 Å². The topological polar surface area (TPSA) is 50.7 Å². The molecule has 0 aromatic carbocycles. The Morgan fingerprint density at radius 3 is 2.24 bits per heavy atom. The third-order valence-corrected chi connectivity index (χ3v) is 2.90. The Bertz CT molecular complexity index is 326. The van der Waals surface area contributed by atoms with Crippen LogP contribution in [0.15, 0.2) is 0 Å². The summed E-state index contributed by atoms with van der Waals surface area (Å²) in [4.78, 5) is 11.7. The number of nitrogens with zero attached hydrogens (tertiary/aromatic N) is 3. The molecular weight excluding hydrogens is 259 g/mol. The van der Waals surface area contributed by atoms with Gasteiger partial charge in [-0.05, 0) is 36.0 Å². The van der Waals surface area contributed by atoms with E-state index in [0.29, 0.717) is 12.0 Å². The van der Waals surface area contributed by atoms with Gasteiger partial charge in [0.05, 0.1) is 0 Å². The van der Waals surface area contributed by atoms with E-state index in [2.05, 4.69) is 34.1 Å². The van der Waals surface area contributed by atoms with Crippen molar-refractivity contribution in [1.82, 2.24) is 15.0 Å². The molecule has 1 heterocycles. The van der Waals surface area contributed by atoms with Gasteiger partial charge in [0.15, 0.2) is 0 Å². The highest BCUT2D eigenvalue weighted by Gasteiger charge is 2.09. The van der Waals surface area contributed by atoms with Gasteiger partial charge in [-0.2, -0.15) is 15.0 Å². The summed E-state index contributed by atoms with van der Waals surface area (Å²) in [5.41, 5.74) is 0. The molecule has 1 rings (SSSR count). The highest BCUT2D eigenvalue weighted by molar-refractivity contribution is 6.31. The van der Waals surface area contributed by atoms with Crippen LogP contribution < -0.4 is 5.32 Å². The predicted octanol–water partition coefficient (Wildman–Crippen LogP) is 3.95. The van der Waals surface area contributed by atoms with Crippen molar-refractivity contribution in [2.75, 3.05) is 5.32 Å². The molecular formula is C11H18Cl2N4. The van der Waals surface area contributed by atoms with Crippen molar-refractivity contribution in [2.45, 2.75) is 52.0 Å². The second-order valence-electron chi connectivity index (χ2n) is 3.94. The van der Waals surface area contributed by atoms with Crippen LogP contribution in [-0.2, 0) is 0 Å². The van der Waals surface area contributed by atoms with Crippen LogP contribution in [0.4, 0.5) is 5.95 Å². The maximum absolute atomic E-state index is 5.72. The highest BCUT2D eigenvalue weighted by Crippen LogP contribution is 2.14. The number of unbranched alkanes of at least 4 members (excludes halogenated alkanes) is 2. The average molecular weight is 277 g/mol. The van der Waals surface area contributed by atoms with Gasteiger partial charge in [-0.1, -0.05) is 33.1 Å². The molecule has 1 atom stereocenters. The van der Waals surface area contributed by atoms with Gasteiger partial charge in [0.1, 0.15) is 0 Å². The van der Waals surface area contributed by atoms with Gasteiger partial charge < -0.3 is 5.32 Å². The summed E-state index contributed by atoms with van der Waals surface area (Å²) in [5, 5.41) is 3.48. The minimum atomic E-state index is 0.121. The first kappa shape index (κ1) is 14.5. The molecule has 1 unspecified atom stereocenters. The number of anilines is 1. The van der Waals surface area contributed by atoms with Crippen LogP contribution in [0.3, 0.4) is 0 Å². The summed E-state index contributed by atoms with van der Waals surface area (Å²) in [6, 6.07) is 0.357. The second-order valence-corrected chi connectivity index (χ2v) is 4.62. The SMILES string of the molecule is CCCCCC(CC)Nc1nc(Cl)nc(Cl)n1. The van der Waals surface area contributed by atoms with E-state index in [-0.39, 0.29) is 10.6 Å². The lowest BCUT2D eigenvalue weighted by molar-refractivity contribution is 0.571. The van der Waals surface area contributed by atoms with Crippen molar-refractivity contribution >= 4 is 29.2 Å². The summed E-state index contributed by atoms with van der Waals surface area (Å²) >= 11 is 11.4. The summed E-state index contributed by atoms with van der Waals surface area (Å²) in [6.45, 7) is 4.33. The fourth-order valence-corrected chi connectivity index (χ4v) is 1.96. The molecule has 6 heteroatoms. The van der Waals surface area contributed by atoms with Gasteiger partial charge in [-0.25, -0.2) is 0 Å². The first-order chi connectivity index (χ1) is 8.15. The second kappa shape index (κ2) is 7.67. The van der Waals surface area contributed by atoms with Crippen molar-refractivity contribution < 1.29 is 0 Å². The van der Waals surface area contributed by atoms with Crippen LogP contribution in [0.25, 0.3) is 0 Å². The first-order valence-corrected chi connectivity index (χ1v) is 6.74. The van der Waals surface area contributed by atoms with Crippen molar-refractivity contribution in [3.63, 3.8) is 0 Å². The lowest BCUT2D eigenvalue weighted by Gasteiger charge is -2.16. The third kappa shape index (κ3) is 5.50. The van der Waals surface area contributed by atoms with Gasteiger partial charge in [0, 0.05) is 6.04 Å². The van der Waals surface area contributed by atoms with Gasteiger partial charge >= 0.3 is 0 Å². The molecule has 96 valence electrons. The van der Waals surface area contributed by atoms with Gasteiger partial charge in [-0.3, -0.25) is 0 Å². The maximum Gasteiger partial charge on any atom is 0.228 e. The van der Waals surface area contributed by atoms with Crippen LogP contribution >= 0.6 is 23.2 Å². The molecule has 0 amide bonds. The van der Waals surface area contributed by atoms with Crippen molar-refractivity contribution in [2.24, 2.45) is 0 Å². The minimum absolute atomic E-state index is 0.121. The van der Waals surface area contributed by atoms with Crippen LogP contribution in [-0.4, -0.2) is 21.0 Å². The van der Waals surface area contributed by atoms with E-state index in [0.717, 1.165) is 12.8 Å². The molecule has 0 aliphatic carbocycles. The Balaban J connectivity index is 2.54. The van der Waals surface area contributed by atoms with Crippen molar-refractivity contribution in [3.8, 4) is 0 Å². The quantitative estimate of drug-likeness (QED) is 0.767. The molecule has 4 nitrogen and oxygen atoms in total. The number of halogens is 2. The Labute approximate surface area is 112 Å². The van der Waals surface area contributed by atoms with Crippen LogP contribution in [0.2, 0.25) is 10.6 Å². The fraction of sp³-hybridized carbons (Fsp3) is 0.727. The standard InChI is InChI=1S/C11H18Cl2N4/c1-3-5-6-7-8(4-2)14-11-16-9(12)15-10(13)17-11/h8H,3-7H2,1-2H3,(H,14,15,16,17). The molecule has 0 bridgehead atoms. The Morgan fingerprint density at radius 1 is 1.06 bits per heavy atom. The molecule has 1 aromatic heterocycles. The molecule has 0 fully saturated rings. The molecule has 0 spiro atoms. The number of aromatic nitrogens is 3. The number of nitrogens with one attached hydrogen (secondary N) is 1. The largest absolute Gasteiger partial charge is 0.351 e. The Hall–Kier alpha value is -0.610. The number of hydrogen-bond donors (Lipinski definition) is 1. The fourth-order valence-electron chi connectivity index (χ4n) is 1.59. The van der Waals surface area contributed by atoms with E-state index in [1.165, 1.54) is 19.3 Å². The zero-order chi connectivity index (χ0) is 12.7. The van der Waals surface area contributed by atoms with E-state index >= 15 is 0 Å². The van der Waals surface area contributed by atoms with Crippen LogP contribution in [0.1, 0.15) is 46.0 Å². The highest BCUT2D eigenvalue weighted by atomic mass is 35.5. The lowest BCUT2D eigenvalue weighted by atomic mass is 10.1. The minimum Gasteiger partial charge on any atom is -0.351 e. The molecule has 0 aliphatic heterocycles. The van der Waals surface area contributed by atoms with Gasteiger partial charge in [-0.15, -0.1) is 0 Å². The summed E-state index contributed by atoms with van der Waals surface area (Å²) in [6.07, 6.45) is 5.79. The van der Waals surface area contributed by atoms with E-state index in [1.54, 1.807) is 0 Å². The maximum atomic E-state index is 5.72. The van der Waals surface area contributed by atoms with Crippen LogP contribution in [0, 0.1) is 0 Å².